The molecule has 2 aromatic rings. The van der Waals surface area contributed by atoms with Gasteiger partial charge in [-0.3, -0.25) is 4.79 Å². The molecule has 2 aliphatic heterocycles. The van der Waals surface area contributed by atoms with Crippen LogP contribution >= 0.6 is 0 Å². The van der Waals surface area contributed by atoms with E-state index >= 15 is 0 Å². The highest BCUT2D eigenvalue weighted by atomic mass is 16.6. The summed E-state index contributed by atoms with van der Waals surface area (Å²) in [6.07, 6.45) is 1.91. The van der Waals surface area contributed by atoms with Crippen LogP contribution in [0.5, 0.6) is 0 Å². The Labute approximate surface area is 165 Å². The molecule has 146 valence electrons. The first-order valence-electron chi connectivity index (χ1n) is 9.79. The number of carbonyl (C=O) groups is 2. The van der Waals surface area contributed by atoms with Gasteiger partial charge in [-0.1, -0.05) is 36.4 Å². The standard InChI is InChI=1S/C22H25N3O3/c1-17-6-5-9-19(23-17)20(26)24-14-11-22(12-15-24)16-25(21(27)28-22)13-10-18-7-3-2-4-8-18/h2-9H,10-16H2,1H3. The molecule has 0 unspecified atom stereocenters. The van der Waals surface area contributed by atoms with E-state index in [0.29, 0.717) is 44.7 Å². The van der Waals surface area contributed by atoms with Crippen LogP contribution < -0.4 is 0 Å². The maximum atomic E-state index is 12.7. The fourth-order valence-electron chi connectivity index (χ4n) is 3.98. The quantitative estimate of drug-likeness (QED) is 0.819. The van der Waals surface area contributed by atoms with Gasteiger partial charge in [-0.25, -0.2) is 9.78 Å². The van der Waals surface area contributed by atoms with Crippen LogP contribution in [0.4, 0.5) is 4.79 Å². The minimum atomic E-state index is -0.468. The minimum absolute atomic E-state index is 0.0520. The fraction of sp³-hybridized carbons (Fsp3) is 0.409. The van der Waals surface area contributed by atoms with Gasteiger partial charge >= 0.3 is 6.09 Å². The summed E-state index contributed by atoms with van der Waals surface area (Å²) in [7, 11) is 0. The van der Waals surface area contributed by atoms with Gasteiger partial charge in [0.2, 0.25) is 0 Å². The Balaban J connectivity index is 1.34. The Morgan fingerprint density at radius 3 is 2.57 bits per heavy atom. The van der Waals surface area contributed by atoms with E-state index in [0.717, 1.165) is 12.1 Å². The molecule has 2 fully saturated rings. The third-order valence-electron chi connectivity index (χ3n) is 5.62. The van der Waals surface area contributed by atoms with Gasteiger partial charge in [0.05, 0.1) is 6.54 Å². The zero-order chi connectivity index (χ0) is 19.6. The minimum Gasteiger partial charge on any atom is -0.441 e. The number of rotatable bonds is 4. The van der Waals surface area contributed by atoms with E-state index in [9.17, 15) is 9.59 Å². The number of ether oxygens (including phenoxy) is 1. The fourth-order valence-corrected chi connectivity index (χ4v) is 3.98. The van der Waals surface area contributed by atoms with Gasteiger partial charge in [-0.2, -0.15) is 0 Å². The molecule has 0 N–H and O–H groups in total. The molecule has 1 aromatic heterocycles. The van der Waals surface area contributed by atoms with Gasteiger partial charge in [-0.05, 0) is 31.0 Å². The lowest BCUT2D eigenvalue weighted by atomic mass is 9.91. The van der Waals surface area contributed by atoms with Crippen molar-refractivity contribution in [3.8, 4) is 0 Å². The molecule has 2 amide bonds. The van der Waals surface area contributed by atoms with Crippen LogP contribution in [-0.4, -0.2) is 58.6 Å². The third-order valence-corrected chi connectivity index (χ3v) is 5.62. The molecule has 0 aliphatic carbocycles. The molecule has 2 aliphatic rings. The Morgan fingerprint density at radius 1 is 1.11 bits per heavy atom. The van der Waals surface area contributed by atoms with Crippen molar-refractivity contribution >= 4 is 12.0 Å². The van der Waals surface area contributed by atoms with Crippen molar-refractivity contribution in [3.63, 3.8) is 0 Å². The maximum absolute atomic E-state index is 12.7. The van der Waals surface area contributed by atoms with E-state index < -0.39 is 5.60 Å². The number of likely N-dealkylation sites (tertiary alicyclic amines) is 1. The second kappa shape index (κ2) is 7.62. The van der Waals surface area contributed by atoms with Crippen molar-refractivity contribution in [1.29, 1.82) is 0 Å². The molecule has 0 saturated carbocycles. The predicted molar refractivity (Wildman–Crippen MR) is 105 cm³/mol. The number of nitrogens with zero attached hydrogens (tertiary/aromatic N) is 3. The summed E-state index contributed by atoms with van der Waals surface area (Å²) in [5, 5.41) is 0. The maximum Gasteiger partial charge on any atom is 0.410 e. The average molecular weight is 379 g/mol. The predicted octanol–water partition coefficient (Wildman–Crippen LogP) is 3.06. The molecule has 0 bridgehead atoms. The van der Waals surface area contributed by atoms with E-state index in [-0.39, 0.29) is 12.0 Å². The largest absolute Gasteiger partial charge is 0.441 e. The lowest BCUT2D eigenvalue weighted by Crippen LogP contribution is -2.49. The number of amides is 2. The second-order valence-corrected chi connectivity index (χ2v) is 7.66. The van der Waals surface area contributed by atoms with E-state index in [4.69, 9.17) is 4.74 Å². The smallest absolute Gasteiger partial charge is 0.410 e. The zero-order valence-corrected chi connectivity index (χ0v) is 16.1. The third kappa shape index (κ3) is 3.86. The second-order valence-electron chi connectivity index (χ2n) is 7.66. The van der Waals surface area contributed by atoms with Crippen molar-refractivity contribution < 1.29 is 14.3 Å². The lowest BCUT2D eigenvalue weighted by molar-refractivity contribution is 0.00296. The van der Waals surface area contributed by atoms with Crippen LogP contribution in [0.25, 0.3) is 0 Å². The van der Waals surface area contributed by atoms with Gasteiger partial charge in [0.15, 0.2) is 0 Å². The molecule has 4 rings (SSSR count). The van der Waals surface area contributed by atoms with Crippen LogP contribution in [0.2, 0.25) is 0 Å². The number of aromatic nitrogens is 1. The van der Waals surface area contributed by atoms with E-state index in [1.165, 1.54) is 5.56 Å². The molecule has 1 spiro atoms. The van der Waals surface area contributed by atoms with Crippen molar-refractivity contribution in [2.45, 2.75) is 31.8 Å². The number of hydrogen-bond acceptors (Lipinski definition) is 4. The summed E-state index contributed by atoms with van der Waals surface area (Å²) >= 11 is 0. The normalized spacial score (nSPS) is 18.4. The first-order chi connectivity index (χ1) is 13.5. The summed E-state index contributed by atoms with van der Waals surface area (Å²) in [5.74, 6) is -0.0520. The van der Waals surface area contributed by atoms with Crippen molar-refractivity contribution in [2.24, 2.45) is 0 Å². The summed E-state index contributed by atoms with van der Waals surface area (Å²) in [5.41, 5.74) is 2.05. The number of benzene rings is 1. The van der Waals surface area contributed by atoms with Crippen molar-refractivity contribution in [3.05, 3.63) is 65.5 Å². The number of aryl methyl sites for hydroxylation is 1. The van der Waals surface area contributed by atoms with Crippen LogP contribution in [0.3, 0.4) is 0 Å². The van der Waals surface area contributed by atoms with Crippen molar-refractivity contribution in [2.75, 3.05) is 26.2 Å². The molecule has 1 aromatic carbocycles. The monoisotopic (exact) mass is 379 g/mol. The molecule has 0 radical (unpaired) electrons. The van der Waals surface area contributed by atoms with Crippen LogP contribution in [0.15, 0.2) is 48.5 Å². The molecule has 6 heteroatoms. The molecular formula is C22H25N3O3. The summed E-state index contributed by atoms with van der Waals surface area (Å²) < 4.78 is 5.78. The van der Waals surface area contributed by atoms with E-state index in [2.05, 4.69) is 17.1 Å². The van der Waals surface area contributed by atoms with Gasteiger partial charge in [-0.15, -0.1) is 0 Å². The number of carbonyl (C=O) groups excluding carboxylic acids is 2. The molecule has 3 heterocycles. The number of hydrogen-bond donors (Lipinski definition) is 0. The lowest BCUT2D eigenvalue weighted by Gasteiger charge is -2.37. The average Bonchev–Trinajstić information content (AvgIpc) is 3.02. The molecule has 28 heavy (non-hydrogen) atoms. The highest BCUT2D eigenvalue weighted by Crippen LogP contribution is 2.33. The molecule has 2 saturated heterocycles. The Morgan fingerprint density at radius 2 is 1.86 bits per heavy atom. The number of pyridine rings is 1. The van der Waals surface area contributed by atoms with Crippen LogP contribution in [-0.2, 0) is 11.2 Å². The topological polar surface area (TPSA) is 62.7 Å². The molecule has 0 atom stereocenters. The van der Waals surface area contributed by atoms with E-state index in [1.54, 1.807) is 11.0 Å². The summed E-state index contributed by atoms with van der Waals surface area (Å²) in [4.78, 5) is 33.0. The Hall–Kier alpha value is -2.89. The summed E-state index contributed by atoms with van der Waals surface area (Å²) in [6, 6.07) is 15.6. The molecule has 6 nitrogen and oxygen atoms in total. The Kier molecular flexibility index (Phi) is 5.03. The highest BCUT2D eigenvalue weighted by Gasteiger charge is 2.47. The molecular weight excluding hydrogens is 354 g/mol. The Bertz CT molecular complexity index is 860. The van der Waals surface area contributed by atoms with Crippen molar-refractivity contribution in [1.82, 2.24) is 14.8 Å². The SMILES string of the molecule is Cc1cccc(C(=O)N2CCC3(CC2)CN(CCc2ccccc2)C(=O)O3)n1. The van der Waals surface area contributed by atoms with Gasteiger partial charge in [0, 0.05) is 38.2 Å². The number of piperidine rings is 1. The van der Waals surface area contributed by atoms with Crippen LogP contribution in [0.1, 0.15) is 34.6 Å². The summed E-state index contributed by atoms with van der Waals surface area (Å²) in [6.45, 7) is 4.29. The highest BCUT2D eigenvalue weighted by molar-refractivity contribution is 5.92. The van der Waals surface area contributed by atoms with Gasteiger partial charge in [0.25, 0.3) is 5.91 Å². The van der Waals surface area contributed by atoms with E-state index in [1.807, 2.05) is 42.2 Å². The first-order valence-corrected chi connectivity index (χ1v) is 9.79. The van der Waals surface area contributed by atoms with Gasteiger partial charge < -0.3 is 14.5 Å². The first kappa shape index (κ1) is 18.5. The van der Waals surface area contributed by atoms with Gasteiger partial charge in [0.1, 0.15) is 11.3 Å². The zero-order valence-electron chi connectivity index (χ0n) is 16.1. The van der Waals surface area contributed by atoms with Crippen LogP contribution in [0, 0.1) is 6.92 Å².